The van der Waals surface area contributed by atoms with Crippen LogP contribution in [0.5, 0.6) is 5.75 Å². The maximum Gasteiger partial charge on any atom is 0.273 e. The van der Waals surface area contributed by atoms with Crippen molar-refractivity contribution in [3.05, 3.63) is 93.0 Å². The predicted molar refractivity (Wildman–Crippen MR) is 120 cm³/mol. The summed E-state index contributed by atoms with van der Waals surface area (Å²) in [4.78, 5) is 15.2. The van der Waals surface area contributed by atoms with Crippen LogP contribution in [0, 0.1) is 13.8 Å². The van der Waals surface area contributed by atoms with Gasteiger partial charge < -0.3 is 14.4 Å². The number of benzene rings is 2. The van der Waals surface area contributed by atoms with Crippen molar-refractivity contribution in [2.24, 2.45) is 0 Å². The number of fused-ring (bicyclic) bond motifs is 1. The first-order valence-corrected chi connectivity index (χ1v) is 10.7. The van der Waals surface area contributed by atoms with Gasteiger partial charge >= 0.3 is 0 Å². The molecule has 3 heterocycles. The molecule has 0 spiro atoms. The Bertz CT molecular complexity index is 1270. The second-order valence-electron chi connectivity index (χ2n) is 7.81. The molecule has 5 rings (SSSR count). The first-order valence-electron chi connectivity index (χ1n) is 9.91. The van der Waals surface area contributed by atoms with E-state index in [0.717, 1.165) is 26.7 Å². The zero-order chi connectivity index (χ0) is 21.7. The molecule has 0 fully saturated rings. The summed E-state index contributed by atoms with van der Waals surface area (Å²) >= 11 is 3.54. The number of H-pyrrole nitrogens is 1. The van der Waals surface area contributed by atoms with Crippen LogP contribution < -0.4 is 0 Å². The lowest BCUT2D eigenvalue weighted by atomic mass is 9.93. The zero-order valence-corrected chi connectivity index (χ0v) is 18.6. The van der Waals surface area contributed by atoms with Crippen LogP contribution in [0.2, 0.25) is 0 Å². The van der Waals surface area contributed by atoms with Crippen LogP contribution in [-0.4, -0.2) is 26.1 Å². The van der Waals surface area contributed by atoms with Gasteiger partial charge in [0, 0.05) is 15.6 Å². The highest BCUT2D eigenvalue weighted by Crippen LogP contribution is 2.46. The fraction of sp³-hybridized carbons (Fsp3) is 0.167. The summed E-state index contributed by atoms with van der Waals surface area (Å²) < 4.78 is 6.44. The number of aromatic nitrogens is 2. The molecule has 2 aromatic heterocycles. The third kappa shape index (κ3) is 3.25. The number of hydrogen-bond donors (Lipinski definition) is 2. The number of amides is 1. The number of carbonyl (C=O) groups is 1. The molecule has 31 heavy (non-hydrogen) atoms. The van der Waals surface area contributed by atoms with E-state index in [1.807, 2.05) is 56.3 Å². The Balaban J connectivity index is 1.71. The highest BCUT2D eigenvalue weighted by Gasteiger charge is 2.43. The van der Waals surface area contributed by atoms with Gasteiger partial charge in [-0.2, -0.15) is 5.10 Å². The molecular formula is C24H20BrN3O3. The molecule has 0 radical (unpaired) electrons. The number of aromatic hydroxyl groups is 1. The third-order valence-electron chi connectivity index (χ3n) is 5.63. The van der Waals surface area contributed by atoms with Crippen molar-refractivity contribution in [2.45, 2.75) is 26.4 Å². The van der Waals surface area contributed by atoms with Crippen molar-refractivity contribution < 1.29 is 14.3 Å². The number of nitrogens with one attached hydrogen (secondary N) is 1. The fourth-order valence-electron chi connectivity index (χ4n) is 4.40. The summed E-state index contributed by atoms with van der Waals surface area (Å²) in [6.07, 6.45) is 1.60. The highest BCUT2D eigenvalue weighted by atomic mass is 79.9. The topological polar surface area (TPSA) is 82.4 Å². The SMILES string of the molecule is Cc1cc(C)c(-c2n[nH]c3c2C(c2cccc(Br)c2)N(Cc2ccco2)C3=O)c(O)c1. The number of furan rings is 1. The summed E-state index contributed by atoms with van der Waals surface area (Å²) in [5.74, 6) is 0.693. The average molecular weight is 478 g/mol. The van der Waals surface area contributed by atoms with Gasteiger partial charge in [-0.05, 0) is 60.9 Å². The van der Waals surface area contributed by atoms with E-state index in [0.29, 0.717) is 29.3 Å². The fourth-order valence-corrected chi connectivity index (χ4v) is 4.81. The van der Waals surface area contributed by atoms with Crippen molar-refractivity contribution in [1.82, 2.24) is 15.1 Å². The number of carbonyl (C=O) groups excluding carboxylic acids is 1. The van der Waals surface area contributed by atoms with Gasteiger partial charge in [0.15, 0.2) is 0 Å². The second-order valence-corrected chi connectivity index (χ2v) is 8.72. The standard InChI is InChI=1S/C24H20BrN3O3/c1-13-9-14(2)19(18(29)10-13)21-20-22(27-26-21)24(30)28(12-17-7-4-8-31-17)23(20)15-5-3-6-16(25)11-15/h3-11,23,29H,12H2,1-2H3,(H,26,27). The van der Waals surface area contributed by atoms with Gasteiger partial charge in [0.05, 0.1) is 18.8 Å². The molecule has 0 saturated carbocycles. The van der Waals surface area contributed by atoms with E-state index in [4.69, 9.17) is 4.42 Å². The molecule has 1 amide bonds. The highest BCUT2D eigenvalue weighted by molar-refractivity contribution is 9.10. The summed E-state index contributed by atoms with van der Waals surface area (Å²) in [7, 11) is 0. The van der Waals surface area contributed by atoms with Gasteiger partial charge in [-0.3, -0.25) is 9.89 Å². The number of halogens is 1. The minimum atomic E-state index is -0.376. The van der Waals surface area contributed by atoms with Gasteiger partial charge in [0.2, 0.25) is 0 Å². The molecule has 4 aromatic rings. The molecule has 156 valence electrons. The van der Waals surface area contributed by atoms with Crippen LogP contribution in [-0.2, 0) is 6.54 Å². The lowest BCUT2D eigenvalue weighted by molar-refractivity contribution is 0.0717. The monoisotopic (exact) mass is 477 g/mol. The number of phenolic OH excluding ortho intramolecular Hbond substituents is 1. The first kappa shape index (κ1) is 19.6. The zero-order valence-electron chi connectivity index (χ0n) is 17.0. The van der Waals surface area contributed by atoms with E-state index < -0.39 is 0 Å². The number of aromatic amines is 1. The van der Waals surface area contributed by atoms with Crippen molar-refractivity contribution >= 4 is 21.8 Å². The van der Waals surface area contributed by atoms with Crippen molar-refractivity contribution in [1.29, 1.82) is 0 Å². The summed E-state index contributed by atoms with van der Waals surface area (Å²) in [5.41, 5.74) is 5.23. The van der Waals surface area contributed by atoms with E-state index in [9.17, 15) is 9.90 Å². The van der Waals surface area contributed by atoms with Gasteiger partial charge in [0.25, 0.3) is 5.91 Å². The van der Waals surface area contributed by atoms with Gasteiger partial charge in [-0.25, -0.2) is 0 Å². The molecule has 1 aliphatic heterocycles. The molecule has 0 aliphatic carbocycles. The van der Waals surface area contributed by atoms with E-state index in [-0.39, 0.29) is 17.7 Å². The van der Waals surface area contributed by atoms with Gasteiger partial charge in [-0.15, -0.1) is 0 Å². The minimum Gasteiger partial charge on any atom is -0.507 e. The lowest BCUT2D eigenvalue weighted by Crippen LogP contribution is -2.29. The number of nitrogens with zero attached hydrogens (tertiary/aromatic N) is 2. The number of aryl methyl sites for hydroxylation is 2. The molecule has 0 bridgehead atoms. The van der Waals surface area contributed by atoms with Crippen molar-refractivity contribution in [3.63, 3.8) is 0 Å². The average Bonchev–Trinajstić information content (AvgIpc) is 3.42. The Labute approximate surface area is 187 Å². The van der Waals surface area contributed by atoms with Crippen LogP contribution in [0.4, 0.5) is 0 Å². The Kier molecular flexibility index (Phi) is 4.70. The van der Waals surface area contributed by atoms with Gasteiger partial charge in [0.1, 0.15) is 22.9 Å². The Hall–Kier alpha value is -3.32. The largest absolute Gasteiger partial charge is 0.507 e. The lowest BCUT2D eigenvalue weighted by Gasteiger charge is -2.26. The van der Waals surface area contributed by atoms with E-state index >= 15 is 0 Å². The van der Waals surface area contributed by atoms with E-state index in [1.165, 1.54) is 0 Å². The predicted octanol–water partition coefficient (Wildman–Crippen LogP) is 5.50. The molecule has 0 saturated heterocycles. The Morgan fingerprint density at radius 3 is 2.74 bits per heavy atom. The first-order chi connectivity index (χ1) is 14.9. The molecule has 2 aromatic carbocycles. The smallest absolute Gasteiger partial charge is 0.273 e. The third-order valence-corrected chi connectivity index (χ3v) is 6.12. The quantitative estimate of drug-likeness (QED) is 0.406. The molecule has 1 unspecified atom stereocenters. The molecule has 2 N–H and O–H groups in total. The van der Waals surface area contributed by atoms with E-state index in [2.05, 4.69) is 26.1 Å². The number of hydrogen-bond acceptors (Lipinski definition) is 4. The van der Waals surface area contributed by atoms with Crippen LogP contribution in [0.25, 0.3) is 11.3 Å². The molecule has 1 aliphatic rings. The molecule has 1 atom stereocenters. The van der Waals surface area contributed by atoms with Crippen LogP contribution in [0.15, 0.2) is 63.7 Å². The molecule has 7 heteroatoms. The molecular weight excluding hydrogens is 458 g/mol. The minimum absolute atomic E-state index is 0.150. The van der Waals surface area contributed by atoms with Crippen LogP contribution in [0.3, 0.4) is 0 Å². The maximum absolute atomic E-state index is 13.4. The van der Waals surface area contributed by atoms with Crippen LogP contribution in [0.1, 0.15) is 44.5 Å². The maximum atomic E-state index is 13.4. The van der Waals surface area contributed by atoms with Crippen molar-refractivity contribution in [2.75, 3.05) is 0 Å². The Morgan fingerprint density at radius 2 is 2.03 bits per heavy atom. The molecule has 6 nitrogen and oxygen atoms in total. The van der Waals surface area contributed by atoms with E-state index in [1.54, 1.807) is 17.2 Å². The number of rotatable bonds is 4. The summed E-state index contributed by atoms with van der Waals surface area (Å²) in [5, 5.41) is 18.1. The number of phenols is 1. The normalized spacial score (nSPS) is 15.5. The van der Waals surface area contributed by atoms with Crippen LogP contribution >= 0.6 is 15.9 Å². The second kappa shape index (κ2) is 7.42. The van der Waals surface area contributed by atoms with Gasteiger partial charge in [-0.1, -0.05) is 34.1 Å². The Morgan fingerprint density at radius 1 is 1.19 bits per heavy atom. The van der Waals surface area contributed by atoms with Crippen molar-refractivity contribution in [3.8, 4) is 17.0 Å². The summed E-state index contributed by atoms with van der Waals surface area (Å²) in [6, 6.07) is 14.9. The summed E-state index contributed by atoms with van der Waals surface area (Å²) in [6.45, 7) is 4.20.